The number of piperidine rings is 2. The van der Waals surface area contributed by atoms with Crippen LogP contribution < -0.4 is 21.1 Å². The van der Waals surface area contributed by atoms with Gasteiger partial charge in [-0.15, -0.1) is 0 Å². The number of hydrogen-bond donors (Lipinski definition) is 2. The summed E-state index contributed by atoms with van der Waals surface area (Å²) in [5, 5.41) is 5.63. The second-order valence-corrected chi connectivity index (χ2v) is 16.1. The molecule has 3 fully saturated rings. The molecule has 322 valence electrons. The molecule has 2 N–H and O–H groups in total. The van der Waals surface area contributed by atoms with Gasteiger partial charge in [-0.1, -0.05) is 91.6 Å². The zero-order chi connectivity index (χ0) is 44.7. The summed E-state index contributed by atoms with van der Waals surface area (Å²) in [5.74, 6) is -2.71. The average Bonchev–Trinajstić information content (AvgIpc) is 4.02. The standard InChI is InChI=1S/C24H26ClN3O3.C21H15ClFN3O3.C2H6/c1-27(2)14-24(12-13-24)28(15-29)17-8-6-16(7-9-17)18-4-3-5-19(22(18)25)20-10-11-21(30)26-23(20)31;22-20-13(3-1-4-14(20)15-8-10-18(27)25-21(15)29)12-7-9-17(24-11-12)26-16(23)5-2-6-19(26)28;1-2/h3-9,15,20H,10-14H2,1-2H3,(H,26,30,31);1-7,9,11,15H,8,10H2,(H,25,27,29);1-2H3. The van der Waals surface area contributed by atoms with Gasteiger partial charge in [-0.05, 0) is 86.8 Å². The molecule has 2 aliphatic heterocycles. The van der Waals surface area contributed by atoms with Crippen molar-refractivity contribution in [1.29, 1.82) is 0 Å². The number of hydrogen-bond acceptors (Lipinski definition) is 8. The molecule has 1 saturated carbocycles. The second-order valence-electron chi connectivity index (χ2n) is 15.3. The van der Waals surface area contributed by atoms with Crippen LogP contribution in [0.1, 0.15) is 75.3 Å². The van der Waals surface area contributed by atoms with E-state index < -0.39 is 23.3 Å². The molecule has 62 heavy (non-hydrogen) atoms. The van der Waals surface area contributed by atoms with Gasteiger partial charge in [0.25, 0.3) is 5.56 Å². The normalized spacial score (nSPS) is 17.7. The maximum atomic E-state index is 14.0. The third-order valence-corrected chi connectivity index (χ3v) is 11.8. The van der Waals surface area contributed by atoms with Gasteiger partial charge in [-0.25, -0.2) is 9.55 Å². The maximum absolute atomic E-state index is 14.0. The minimum absolute atomic E-state index is 0.129. The predicted octanol–water partition coefficient (Wildman–Crippen LogP) is 7.82. The summed E-state index contributed by atoms with van der Waals surface area (Å²) in [7, 11) is 4.03. The van der Waals surface area contributed by atoms with Crippen LogP contribution in [0.25, 0.3) is 28.1 Å². The molecule has 15 heteroatoms. The van der Waals surface area contributed by atoms with Gasteiger partial charge in [0.2, 0.25) is 36.0 Å². The molecule has 0 bridgehead atoms. The van der Waals surface area contributed by atoms with Crippen molar-refractivity contribution in [3.8, 4) is 28.1 Å². The highest BCUT2D eigenvalue weighted by Gasteiger charge is 2.48. The van der Waals surface area contributed by atoms with E-state index in [1.165, 1.54) is 30.5 Å². The van der Waals surface area contributed by atoms with E-state index in [1.54, 1.807) is 24.3 Å². The minimum atomic E-state index is -0.712. The Morgan fingerprint density at radius 1 is 0.742 bits per heavy atom. The van der Waals surface area contributed by atoms with Crippen molar-refractivity contribution in [2.24, 2.45) is 0 Å². The number of carbonyl (C=O) groups is 5. The number of anilines is 1. The number of imide groups is 2. The monoisotopic (exact) mass is 880 g/mol. The number of carbonyl (C=O) groups excluding carboxylic acids is 5. The summed E-state index contributed by atoms with van der Waals surface area (Å²) in [6.45, 7) is 4.83. The van der Waals surface area contributed by atoms with E-state index in [0.717, 1.165) is 52.7 Å². The summed E-state index contributed by atoms with van der Waals surface area (Å²) in [6, 6.07) is 25.7. The first kappa shape index (κ1) is 45.5. The van der Waals surface area contributed by atoms with Gasteiger partial charge in [-0.3, -0.25) is 39.4 Å². The summed E-state index contributed by atoms with van der Waals surface area (Å²) < 4.78 is 14.9. The van der Waals surface area contributed by atoms with Crippen molar-refractivity contribution in [2.45, 2.75) is 69.7 Å². The van der Waals surface area contributed by atoms with Crippen molar-refractivity contribution in [1.82, 2.24) is 25.1 Å². The number of nitrogens with one attached hydrogen (secondary N) is 2. The lowest BCUT2D eigenvalue weighted by Gasteiger charge is -2.31. The Labute approximate surface area is 369 Å². The molecular weight excluding hydrogens is 834 g/mol. The van der Waals surface area contributed by atoms with Crippen molar-refractivity contribution in [3.05, 3.63) is 135 Å². The summed E-state index contributed by atoms with van der Waals surface area (Å²) in [4.78, 5) is 79.3. The molecule has 12 nitrogen and oxygen atoms in total. The lowest BCUT2D eigenvalue weighted by Crippen LogP contribution is -2.43. The Balaban J connectivity index is 0.000000199. The van der Waals surface area contributed by atoms with E-state index in [-0.39, 0.29) is 41.4 Å². The third-order valence-electron chi connectivity index (χ3n) is 11.0. The van der Waals surface area contributed by atoms with E-state index >= 15 is 0 Å². The van der Waals surface area contributed by atoms with Gasteiger partial charge in [0.05, 0.1) is 27.4 Å². The first-order chi connectivity index (χ1) is 29.8. The number of pyridine rings is 2. The largest absolute Gasteiger partial charge is 0.308 e. The number of benzene rings is 3. The van der Waals surface area contributed by atoms with Crippen LogP contribution in [-0.4, -0.2) is 70.7 Å². The van der Waals surface area contributed by atoms with Gasteiger partial charge in [-0.2, -0.15) is 4.39 Å². The highest BCUT2D eigenvalue weighted by atomic mass is 35.5. The van der Waals surface area contributed by atoms with Crippen LogP contribution in [0.5, 0.6) is 0 Å². The maximum Gasteiger partial charge on any atom is 0.258 e. The van der Waals surface area contributed by atoms with Gasteiger partial charge in [0.1, 0.15) is 5.82 Å². The van der Waals surface area contributed by atoms with E-state index in [9.17, 15) is 33.2 Å². The first-order valence-electron chi connectivity index (χ1n) is 20.4. The summed E-state index contributed by atoms with van der Waals surface area (Å²) in [5.41, 5.74) is 4.59. The Bertz CT molecular complexity index is 2540. The van der Waals surface area contributed by atoms with E-state index in [4.69, 9.17) is 23.2 Å². The Morgan fingerprint density at radius 2 is 1.26 bits per heavy atom. The van der Waals surface area contributed by atoms with Gasteiger partial charge in [0.15, 0.2) is 0 Å². The highest BCUT2D eigenvalue weighted by Crippen LogP contribution is 2.45. The molecule has 0 spiro atoms. The Kier molecular flexibility index (Phi) is 14.5. The van der Waals surface area contributed by atoms with Crippen LogP contribution in [0.3, 0.4) is 0 Å². The third kappa shape index (κ3) is 9.86. The average molecular weight is 882 g/mol. The molecule has 0 radical (unpaired) electrons. The zero-order valence-electron chi connectivity index (χ0n) is 34.8. The number of aromatic nitrogens is 2. The van der Waals surface area contributed by atoms with Crippen LogP contribution in [0.15, 0.2) is 102 Å². The fourth-order valence-corrected chi connectivity index (χ4v) is 8.62. The number of amides is 5. The van der Waals surface area contributed by atoms with Crippen molar-refractivity contribution in [2.75, 3.05) is 25.5 Å². The first-order valence-corrected chi connectivity index (χ1v) is 21.1. The molecule has 5 aromatic rings. The van der Waals surface area contributed by atoms with E-state index in [2.05, 4.69) is 20.5 Å². The van der Waals surface area contributed by atoms with Crippen molar-refractivity contribution >= 4 is 58.9 Å². The number of nitrogens with zero attached hydrogens (tertiary/aromatic N) is 4. The smallest absolute Gasteiger partial charge is 0.258 e. The fourth-order valence-electron chi connectivity index (χ4n) is 7.88. The molecule has 5 amide bonds. The molecule has 2 saturated heterocycles. The van der Waals surface area contributed by atoms with Crippen molar-refractivity contribution < 1.29 is 28.4 Å². The lowest BCUT2D eigenvalue weighted by molar-refractivity contribution is -0.135. The highest BCUT2D eigenvalue weighted by molar-refractivity contribution is 6.35. The molecule has 3 aliphatic rings. The fraction of sp³-hybridized carbons (Fsp3) is 0.298. The van der Waals surface area contributed by atoms with Gasteiger partial charge in [0, 0.05) is 54.0 Å². The van der Waals surface area contributed by atoms with Crippen LogP contribution in [0.2, 0.25) is 10.0 Å². The van der Waals surface area contributed by atoms with Gasteiger partial charge >= 0.3 is 0 Å². The quantitative estimate of drug-likeness (QED) is 0.0819. The van der Waals surface area contributed by atoms with Crippen LogP contribution in [-0.2, 0) is 24.0 Å². The lowest BCUT2D eigenvalue weighted by atomic mass is 9.88. The molecule has 8 rings (SSSR count). The topological polar surface area (TPSA) is 151 Å². The molecule has 2 atom stereocenters. The Morgan fingerprint density at radius 3 is 1.71 bits per heavy atom. The number of halogens is 3. The second kappa shape index (κ2) is 19.8. The predicted molar refractivity (Wildman–Crippen MR) is 238 cm³/mol. The number of rotatable bonds is 10. The minimum Gasteiger partial charge on any atom is -0.308 e. The molecule has 3 aromatic carbocycles. The molecular formula is C47H47Cl2FN6O6. The zero-order valence-corrected chi connectivity index (χ0v) is 36.3. The van der Waals surface area contributed by atoms with E-state index in [1.807, 2.05) is 75.3 Å². The molecule has 2 unspecified atom stereocenters. The number of likely N-dealkylation sites (N-methyl/N-ethyl adjacent to an activating group) is 1. The van der Waals surface area contributed by atoms with Gasteiger partial charge < -0.3 is 9.80 Å². The van der Waals surface area contributed by atoms with Crippen LogP contribution >= 0.6 is 23.2 Å². The molecule has 1 aliphatic carbocycles. The summed E-state index contributed by atoms with van der Waals surface area (Å²) >= 11 is 13.3. The molecule has 4 heterocycles. The Hall–Kier alpha value is -6.02. The molecule has 2 aromatic heterocycles. The van der Waals surface area contributed by atoms with Crippen molar-refractivity contribution in [3.63, 3.8) is 0 Å². The summed E-state index contributed by atoms with van der Waals surface area (Å²) in [6.07, 6.45) is 5.80. The SMILES string of the molecule is CC.CN(C)CC1(N(C=O)c2ccc(-c3cccc(C4CCC(=O)NC4=O)c3Cl)cc2)CC1.O=C1CCC(c2cccc(-c3ccc(-n4c(F)cccc4=O)nc3)c2Cl)C(=O)N1. The van der Waals surface area contributed by atoms with Crippen LogP contribution in [0.4, 0.5) is 10.1 Å². The van der Waals surface area contributed by atoms with E-state index in [0.29, 0.717) is 46.0 Å². The van der Waals surface area contributed by atoms with Crippen LogP contribution in [0, 0.1) is 5.95 Å².